The molecule has 4 heterocycles. The number of carbonyl (C=O) groups is 2. The first kappa shape index (κ1) is 16.5. The number of ether oxygens (including phenoxy) is 1. The van der Waals surface area contributed by atoms with Crippen LogP contribution in [-0.4, -0.2) is 59.4 Å². The highest BCUT2D eigenvalue weighted by Gasteiger charge is 2.50. The molecule has 3 fully saturated rings. The minimum atomic E-state index is -0.379. The van der Waals surface area contributed by atoms with Crippen LogP contribution < -0.4 is 0 Å². The fourth-order valence-corrected chi connectivity index (χ4v) is 4.44. The Bertz CT molecular complexity index is 645. The van der Waals surface area contributed by atoms with Crippen molar-refractivity contribution in [3.63, 3.8) is 0 Å². The second-order valence-corrected chi connectivity index (χ2v) is 7.54. The van der Waals surface area contributed by atoms with Crippen molar-refractivity contribution in [2.75, 3.05) is 32.8 Å². The Balaban J connectivity index is 1.44. The van der Waals surface area contributed by atoms with Gasteiger partial charge in [-0.15, -0.1) is 0 Å². The molecule has 6 nitrogen and oxygen atoms in total. The van der Waals surface area contributed by atoms with Gasteiger partial charge in [0.05, 0.1) is 17.9 Å². The number of hydrogen-bond acceptors (Lipinski definition) is 4. The van der Waals surface area contributed by atoms with Crippen molar-refractivity contribution in [1.29, 1.82) is 0 Å². The zero-order valence-corrected chi connectivity index (χ0v) is 14.5. The average molecular weight is 343 g/mol. The first-order valence-corrected chi connectivity index (χ1v) is 9.23. The second kappa shape index (κ2) is 6.75. The van der Waals surface area contributed by atoms with Crippen molar-refractivity contribution in [3.8, 4) is 0 Å². The predicted molar refractivity (Wildman–Crippen MR) is 91.4 cm³/mol. The van der Waals surface area contributed by atoms with Crippen LogP contribution in [0.1, 0.15) is 31.2 Å². The van der Waals surface area contributed by atoms with Gasteiger partial charge in [-0.3, -0.25) is 14.6 Å². The Morgan fingerprint density at radius 3 is 3.04 bits per heavy atom. The fourth-order valence-electron chi connectivity index (χ4n) is 4.44. The van der Waals surface area contributed by atoms with Gasteiger partial charge in [-0.05, 0) is 37.3 Å². The van der Waals surface area contributed by atoms with Crippen LogP contribution in [0.25, 0.3) is 0 Å². The first-order chi connectivity index (χ1) is 12.2. The number of nitrogens with zero attached hydrogens (tertiary/aromatic N) is 3. The Morgan fingerprint density at radius 2 is 2.28 bits per heavy atom. The summed E-state index contributed by atoms with van der Waals surface area (Å²) in [6, 6.07) is 3.90. The van der Waals surface area contributed by atoms with Gasteiger partial charge in [-0.25, -0.2) is 0 Å². The monoisotopic (exact) mass is 343 g/mol. The maximum atomic E-state index is 13.1. The molecule has 0 bridgehead atoms. The summed E-state index contributed by atoms with van der Waals surface area (Å²) in [7, 11) is 0. The van der Waals surface area contributed by atoms with E-state index in [0.29, 0.717) is 26.3 Å². The second-order valence-electron chi connectivity index (χ2n) is 7.54. The van der Waals surface area contributed by atoms with Crippen LogP contribution >= 0.6 is 0 Å². The number of piperidine rings is 1. The van der Waals surface area contributed by atoms with E-state index >= 15 is 0 Å². The molecule has 0 radical (unpaired) electrons. The van der Waals surface area contributed by atoms with E-state index in [1.807, 2.05) is 28.1 Å². The molecule has 0 aliphatic carbocycles. The first-order valence-electron chi connectivity index (χ1n) is 9.23. The predicted octanol–water partition coefficient (Wildman–Crippen LogP) is 1.46. The van der Waals surface area contributed by atoms with Crippen LogP contribution in [0.15, 0.2) is 24.5 Å². The molecule has 2 amide bonds. The Kier molecular flexibility index (Phi) is 4.46. The van der Waals surface area contributed by atoms with E-state index in [2.05, 4.69) is 4.98 Å². The summed E-state index contributed by atoms with van der Waals surface area (Å²) in [5, 5.41) is 0. The lowest BCUT2D eigenvalue weighted by molar-refractivity contribution is -0.145. The van der Waals surface area contributed by atoms with E-state index in [0.717, 1.165) is 44.3 Å². The largest absolute Gasteiger partial charge is 0.381 e. The molecule has 134 valence electrons. The highest BCUT2D eigenvalue weighted by Crippen LogP contribution is 2.41. The number of aromatic nitrogens is 1. The molecule has 1 aromatic heterocycles. The molecule has 1 spiro atoms. The Morgan fingerprint density at radius 1 is 1.36 bits per heavy atom. The van der Waals surface area contributed by atoms with Gasteiger partial charge >= 0.3 is 0 Å². The summed E-state index contributed by atoms with van der Waals surface area (Å²) in [4.78, 5) is 33.8. The summed E-state index contributed by atoms with van der Waals surface area (Å²) in [6.45, 7) is 3.93. The highest BCUT2D eigenvalue weighted by atomic mass is 16.5. The maximum Gasteiger partial charge on any atom is 0.230 e. The van der Waals surface area contributed by atoms with Crippen LogP contribution in [0, 0.1) is 11.3 Å². The van der Waals surface area contributed by atoms with E-state index in [1.165, 1.54) is 0 Å². The van der Waals surface area contributed by atoms with Crippen LogP contribution in [0.5, 0.6) is 0 Å². The lowest BCUT2D eigenvalue weighted by Crippen LogP contribution is -2.51. The Labute approximate surface area is 148 Å². The third kappa shape index (κ3) is 3.15. The number of pyridine rings is 1. The van der Waals surface area contributed by atoms with Crippen LogP contribution in [0.4, 0.5) is 0 Å². The average Bonchev–Trinajstić information content (AvgIpc) is 3.28. The third-order valence-corrected chi connectivity index (χ3v) is 5.86. The molecule has 3 aliphatic rings. The molecule has 0 aromatic carbocycles. The SMILES string of the molecule is O=C([C@H]1CCOC1)N1CCC[C@]2(CCN(Cc3cccnc3)C2=O)C1. The van der Waals surface area contributed by atoms with Gasteiger partial charge in [0.25, 0.3) is 0 Å². The fraction of sp³-hybridized carbons (Fsp3) is 0.632. The van der Waals surface area contributed by atoms with Gasteiger partial charge in [0, 0.05) is 45.2 Å². The molecule has 2 atom stereocenters. The molecule has 0 unspecified atom stereocenters. The third-order valence-electron chi connectivity index (χ3n) is 5.86. The van der Waals surface area contributed by atoms with Crippen molar-refractivity contribution in [2.24, 2.45) is 11.3 Å². The van der Waals surface area contributed by atoms with Crippen LogP contribution in [0.2, 0.25) is 0 Å². The molecule has 3 saturated heterocycles. The summed E-state index contributed by atoms with van der Waals surface area (Å²) in [5.41, 5.74) is 0.676. The molecular formula is C19H25N3O3. The van der Waals surface area contributed by atoms with Gasteiger partial charge < -0.3 is 14.5 Å². The number of likely N-dealkylation sites (tertiary alicyclic amines) is 2. The summed E-state index contributed by atoms with van der Waals surface area (Å²) >= 11 is 0. The lowest BCUT2D eigenvalue weighted by atomic mass is 9.78. The van der Waals surface area contributed by atoms with Crippen molar-refractivity contribution in [1.82, 2.24) is 14.8 Å². The zero-order chi connectivity index (χ0) is 17.3. The summed E-state index contributed by atoms with van der Waals surface area (Å²) < 4.78 is 5.36. The molecular weight excluding hydrogens is 318 g/mol. The van der Waals surface area contributed by atoms with Gasteiger partial charge in [-0.1, -0.05) is 6.07 Å². The minimum Gasteiger partial charge on any atom is -0.381 e. The molecule has 3 aliphatic heterocycles. The number of rotatable bonds is 3. The molecule has 25 heavy (non-hydrogen) atoms. The molecule has 4 rings (SSSR count). The number of carbonyl (C=O) groups excluding carboxylic acids is 2. The van der Waals surface area contributed by atoms with Gasteiger partial charge in [0.15, 0.2) is 0 Å². The minimum absolute atomic E-state index is 0.0156. The zero-order valence-electron chi connectivity index (χ0n) is 14.5. The summed E-state index contributed by atoms with van der Waals surface area (Å²) in [6.07, 6.45) is 7.01. The van der Waals surface area contributed by atoms with E-state index in [1.54, 1.807) is 6.20 Å². The van der Waals surface area contributed by atoms with Crippen molar-refractivity contribution in [3.05, 3.63) is 30.1 Å². The molecule has 0 saturated carbocycles. The van der Waals surface area contributed by atoms with Crippen molar-refractivity contribution < 1.29 is 14.3 Å². The highest BCUT2D eigenvalue weighted by molar-refractivity contribution is 5.87. The van der Waals surface area contributed by atoms with Crippen molar-refractivity contribution in [2.45, 2.75) is 32.2 Å². The quantitative estimate of drug-likeness (QED) is 0.834. The number of amides is 2. The number of hydrogen-bond donors (Lipinski definition) is 0. The molecule has 1 aromatic rings. The van der Waals surface area contributed by atoms with E-state index < -0.39 is 0 Å². The smallest absolute Gasteiger partial charge is 0.230 e. The standard InChI is InChI=1S/C19H25N3O3/c23-17(16-4-10-25-13-16)22-8-2-5-19(14-22)6-9-21(18(19)24)12-15-3-1-7-20-11-15/h1,3,7,11,16H,2,4-6,8-10,12-14H2/t16-,19-/m0/s1. The van der Waals surface area contributed by atoms with Gasteiger partial charge in [0.2, 0.25) is 11.8 Å². The molecule has 6 heteroatoms. The molecule has 0 N–H and O–H groups in total. The lowest BCUT2D eigenvalue weighted by Gasteiger charge is -2.40. The Hall–Kier alpha value is -1.95. The van der Waals surface area contributed by atoms with Crippen molar-refractivity contribution >= 4 is 11.8 Å². The summed E-state index contributed by atoms with van der Waals surface area (Å²) in [5.74, 6) is 0.366. The maximum absolute atomic E-state index is 13.1. The van der Waals surface area contributed by atoms with E-state index in [4.69, 9.17) is 4.74 Å². The normalized spacial score (nSPS) is 29.6. The van der Waals surface area contributed by atoms with E-state index in [-0.39, 0.29) is 23.1 Å². The van der Waals surface area contributed by atoms with Crippen LogP contribution in [0.3, 0.4) is 0 Å². The van der Waals surface area contributed by atoms with E-state index in [9.17, 15) is 9.59 Å². The van der Waals surface area contributed by atoms with Crippen LogP contribution in [-0.2, 0) is 20.9 Å². The topological polar surface area (TPSA) is 62.7 Å². The van der Waals surface area contributed by atoms with Gasteiger partial charge in [0.1, 0.15) is 0 Å². The van der Waals surface area contributed by atoms with Gasteiger partial charge in [-0.2, -0.15) is 0 Å².